The van der Waals surface area contributed by atoms with Gasteiger partial charge >= 0.3 is 0 Å². The molecule has 5 heteroatoms. The maximum atomic E-state index is 14.6. The molecule has 0 saturated heterocycles. The van der Waals surface area contributed by atoms with Crippen molar-refractivity contribution in [3.8, 4) is 0 Å². The van der Waals surface area contributed by atoms with Crippen molar-refractivity contribution >= 4 is 24.0 Å². The van der Waals surface area contributed by atoms with Crippen molar-refractivity contribution in [2.75, 3.05) is 24.3 Å². The molecule has 4 nitrogen and oxygen atoms in total. The summed E-state index contributed by atoms with van der Waals surface area (Å²) < 4.78 is 20.8. The molecule has 0 amide bonds. The standard InChI is InChI=1S/C25H31N2O2P/c1-19(2)29-30(28,24-17-15-23(16-18-24)27(4)5)25(21-13-11-20(3)12-14-21)26-22-9-7-6-8-10-22/h6-19,25-26H,1-5H3. The van der Waals surface area contributed by atoms with Crippen molar-refractivity contribution < 1.29 is 9.09 Å². The van der Waals surface area contributed by atoms with Crippen LogP contribution in [0.4, 0.5) is 11.4 Å². The third-order valence-corrected chi connectivity index (χ3v) is 7.76. The molecule has 158 valence electrons. The smallest absolute Gasteiger partial charge is 0.258 e. The Kier molecular flexibility index (Phi) is 7.02. The first-order valence-electron chi connectivity index (χ1n) is 10.2. The molecule has 0 radical (unpaired) electrons. The highest BCUT2D eigenvalue weighted by molar-refractivity contribution is 7.67. The minimum atomic E-state index is -3.32. The minimum Gasteiger partial charge on any atom is -0.378 e. The first-order chi connectivity index (χ1) is 14.3. The van der Waals surface area contributed by atoms with E-state index >= 15 is 0 Å². The van der Waals surface area contributed by atoms with Crippen LogP contribution in [-0.4, -0.2) is 20.2 Å². The van der Waals surface area contributed by atoms with Gasteiger partial charge < -0.3 is 14.7 Å². The Morgan fingerprint density at radius 1 is 0.867 bits per heavy atom. The lowest BCUT2D eigenvalue weighted by molar-refractivity contribution is 0.245. The second-order valence-corrected chi connectivity index (χ2v) is 10.4. The van der Waals surface area contributed by atoms with E-state index in [0.29, 0.717) is 5.30 Å². The Balaban J connectivity index is 2.12. The average molecular weight is 423 g/mol. The zero-order chi connectivity index (χ0) is 21.7. The van der Waals surface area contributed by atoms with Crippen LogP contribution in [0.3, 0.4) is 0 Å². The predicted molar refractivity (Wildman–Crippen MR) is 128 cm³/mol. The molecule has 2 unspecified atom stereocenters. The molecule has 0 aromatic heterocycles. The largest absolute Gasteiger partial charge is 0.378 e. The summed E-state index contributed by atoms with van der Waals surface area (Å²) in [5, 5.41) is 4.20. The Labute approximate surface area is 180 Å². The van der Waals surface area contributed by atoms with E-state index in [1.54, 1.807) is 0 Å². The topological polar surface area (TPSA) is 41.6 Å². The molecule has 0 heterocycles. The lowest BCUT2D eigenvalue weighted by Crippen LogP contribution is -2.22. The van der Waals surface area contributed by atoms with Gasteiger partial charge in [-0.1, -0.05) is 48.0 Å². The van der Waals surface area contributed by atoms with Gasteiger partial charge in [-0.3, -0.25) is 4.57 Å². The summed E-state index contributed by atoms with van der Waals surface area (Å²) in [6.07, 6.45) is -0.185. The van der Waals surface area contributed by atoms with Gasteiger partial charge in [0.1, 0.15) is 5.78 Å². The van der Waals surface area contributed by atoms with E-state index in [4.69, 9.17) is 4.52 Å². The SMILES string of the molecule is Cc1ccc(C(Nc2ccccc2)P(=O)(OC(C)C)c2ccc(N(C)C)cc2)cc1. The second-order valence-electron chi connectivity index (χ2n) is 7.99. The summed E-state index contributed by atoms with van der Waals surface area (Å²) >= 11 is 0. The molecule has 3 aromatic carbocycles. The molecule has 0 aliphatic carbocycles. The summed E-state index contributed by atoms with van der Waals surface area (Å²) in [6, 6.07) is 25.8. The van der Waals surface area contributed by atoms with Crippen LogP contribution in [0.15, 0.2) is 78.9 Å². The normalized spacial score (nSPS) is 14.2. The Morgan fingerprint density at radius 3 is 2.00 bits per heavy atom. The molecule has 0 spiro atoms. The van der Waals surface area contributed by atoms with E-state index in [1.807, 2.05) is 119 Å². The number of nitrogens with one attached hydrogen (secondary N) is 1. The zero-order valence-corrected chi connectivity index (χ0v) is 19.3. The molecule has 0 bridgehead atoms. The van der Waals surface area contributed by atoms with E-state index in [0.717, 1.165) is 22.5 Å². The van der Waals surface area contributed by atoms with Gasteiger partial charge in [-0.15, -0.1) is 0 Å². The molecule has 0 aliphatic heterocycles. The van der Waals surface area contributed by atoms with Crippen LogP contribution in [0.25, 0.3) is 0 Å². The number of hydrogen-bond donors (Lipinski definition) is 1. The van der Waals surface area contributed by atoms with Gasteiger partial charge in [0.15, 0.2) is 0 Å². The van der Waals surface area contributed by atoms with Gasteiger partial charge in [0.25, 0.3) is 7.37 Å². The van der Waals surface area contributed by atoms with Gasteiger partial charge in [0.2, 0.25) is 0 Å². The molecule has 2 atom stereocenters. The van der Waals surface area contributed by atoms with Gasteiger partial charge in [0, 0.05) is 30.8 Å². The van der Waals surface area contributed by atoms with Gasteiger partial charge in [-0.05, 0) is 62.7 Å². The second kappa shape index (κ2) is 9.51. The van der Waals surface area contributed by atoms with Crippen molar-refractivity contribution in [3.05, 3.63) is 90.0 Å². The molecule has 1 N–H and O–H groups in total. The number of hydrogen-bond acceptors (Lipinski definition) is 4. The number of aryl methyl sites for hydroxylation is 1. The summed E-state index contributed by atoms with van der Waals surface area (Å²) in [5.41, 5.74) is 4.05. The summed E-state index contributed by atoms with van der Waals surface area (Å²) in [4.78, 5) is 2.03. The van der Waals surface area contributed by atoms with E-state index in [9.17, 15) is 4.57 Å². The fraction of sp³-hybridized carbons (Fsp3) is 0.280. The van der Waals surface area contributed by atoms with Crippen LogP contribution >= 0.6 is 7.37 Å². The van der Waals surface area contributed by atoms with Crippen LogP contribution < -0.4 is 15.5 Å². The number of para-hydroxylation sites is 1. The maximum absolute atomic E-state index is 14.6. The highest BCUT2D eigenvalue weighted by atomic mass is 31.2. The Morgan fingerprint density at radius 2 is 1.47 bits per heavy atom. The molecule has 3 aromatic rings. The van der Waals surface area contributed by atoms with Crippen LogP contribution in [0.1, 0.15) is 30.8 Å². The third kappa shape index (κ3) is 5.13. The first kappa shape index (κ1) is 22.1. The molecule has 0 aliphatic rings. The predicted octanol–water partition coefficient (Wildman–Crippen LogP) is 6.20. The fourth-order valence-electron chi connectivity index (χ4n) is 3.35. The molecule has 3 rings (SSSR count). The van der Waals surface area contributed by atoms with Crippen molar-refractivity contribution in [1.29, 1.82) is 0 Å². The average Bonchev–Trinajstić information content (AvgIpc) is 2.73. The number of nitrogens with zero attached hydrogens (tertiary/aromatic N) is 1. The van der Waals surface area contributed by atoms with Crippen LogP contribution in [0.5, 0.6) is 0 Å². The van der Waals surface area contributed by atoms with Crippen LogP contribution in [0, 0.1) is 6.92 Å². The van der Waals surface area contributed by atoms with Crippen molar-refractivity contribution in [2.24, 2.45) is 0 Å². The lowest BCUT2D eigenvalue weighted by Gasteiger charge is -2.31. The van der Waals surface area contributed by atoms with Crippen molar-refractivity contribution in [3.63, 3.8) is 0 Å². The van der Waals surface area contributed by atoms with E-state index in [2.05, 4.69) is 5.32 Å². The summed E-state index contributed by atoms with van der Waals surface area (Å²) in [7, 11) is 0.663. The number of rotatable bonds is 8. The summed E-state index contributed by atoms with van der Waals surface area (Å²) in [5.74, 6) is -0.506. The van der Waals surface area contributed by atoms with E-state index in [1.165, 1.54) is 0 Å². The first-order valence-corrected chi connectivity index (χ1v) is 11.9. The van der Waals surface area contributed by atoms with Crippen LogP contribution in [0.2, 0.25) is 0 Å². The summed E-state index contributed by atoms with van der Waals surface area (Å²) in [6.45, 7) is 5.90. The van der Waals surface area contributed by atoms with Gasteiger partial charge in [0.05, 0.1) is 6.10 Å². The highest BCUT2D eigenvalue weighted by Crippen LogP contribution is 2.59. The molecule has 0 fully saturated rings. The lowest BCUT2D eigenvalue weighted by atomic mass is 10.1. The molecule has 0 saturated carbocycles. The monoisotopic (exact) mass is 422 g/mol. The Hall–Kier alpha value is -2.55. The van der Waals surface area contributed by atoms with Gasteiger partial charge in [-0.25, -0.2) is 0 Å². The quantitative estimate of drug-likeness (QED) is 0.439. The molecular weight excluding hydrogens is 391 g/mol. The fourth-order valence-corrected chi connectivity index (χ4v) is 5.96. The van der Waals surface area contributed by atoms with Crippen LogP contribution in [-0.2, 0) is 9.09 Å². The van der Waals surface area contributed by atoms with Crippen molar-refractivity contribution in [1.82, 2.24) is 0 Å². The zero-order valence-electron chi connectivity index (χ0n) is 18.4. The number of benzene rings is 3. The highest BCUT2D eigenvalue weighted by Gasteiger charge is 2.38. The number of anilines is 2. The minimum absolute atomic E-state index is 0.185. The van der Waals surface area contributed by atoms with Gasteiger partial charge in [-0.2, -0.15) is 0 Å². The maximum Gasteiger partial charge on any atom is 0.258 e. The van der Waals surface area contributed by atoms with E-state index in [-0.39, 0.29) is 6.10 Å². The van der Waals surface area contributed by atoms with Crippen molar-refractivity contribution in [2.45, 2.75) is 32.7 Å². The van der Waals surface area contributed by atoms with E-state index < -0.39 is 13.2 Å². The molecule has 30 heavy (non-hydrogen) atoms. The molecular formula is C25H31N2O2P. The third-order valence-electron chi connectivity index (χ3n) is 4.90. The Bertz CT molecular complexity index is 984.